The van der Waals surface area contributed by atoms with Crippen LogP contribution in [0.25, 0.3) is 0 Å². The summed E-state index contributed by atoms with van der Waals surface area (Å²) in [5, 5.41) is 3.70. The Morgan fingerprint density at radius 2 is 2.00 bits per heavy atom. The predicted octanol–water partition coefficient (Wildman–Crippen LogP) is 2.59. The van der Waals surface area contributed by atoms with Crippen molar-refractivity contribution in [2.75, 3.05) is 40.3 Å². The van der Waals surface area contributed by atoms with Gasteiger partial charge in [0.15, 0.2) is 0 Å². The van der Waals surface area contributed by atoms with E-state index in [1.54, 1.807) is 0 Å². The van der Waals surface area contributed by atoms with Crippen molar-refractivity contribution in [1.29, 1.82) is 0 Å². The molecule has 2 rings (SSSR count). The fourth-order valence-corrected chi connectivity index (χ4v) is 3.33. The van der Waals surface area contributed by atoms with Gasteiger partial charge in [0.25, 0.3) is 0 Å². The minimum atomic E-state index is 0.453. The van der Waals surface area contributed by atoms with Crippen molar-refractivity contribution in [2.45, 2.75) is 39.3 Å². The van der Waals surface area contributed by atoms with Crippen molar-refractivity contribution >= 4 is 0 Å². The van der Waals surface area contributed by atoms with Gasteiger partial charge < -0.3 is 15.1 Å². The third-order valence-corrected chi connectivity index (χ3v) is 4.75. The lowest BCUT2D eigenvalue weighted by Crippen LogP contribution is -2.51. The van der Waals surface area contributed by atoms with Crippen LogP contribution in [-0.4, -0.2) is 56.1 Å². The van der Waals surface area contributed by atoms with Gasteiger partial charge in [-0.15, -0.1) is 0 Å². The summed E-state index contributed by atoms with van der Waals surface area (Å²) in [5.41, 5.74) is 4.23. The molecule has 0 spiro atoms. The maximum Gasteiger partial charge on any atom is 0.0338 e. The Labute approximate surface area is 130 Å². The van der Waals surface area contributed by atoms with Crippen molar-refractivity contribution in [1.82, 2.24) is 15.1 Å². The van der Waals surface area contributed by atoms with Gasteiger partial charge in [-0.05, 0) is 52.0 Å². The minimum Gasteiger partial charge on any atom is -0.310 e. The Morgan fingerprint density at radius 1 is 1.24 bits per heavy atom. The lowest BCUT2D eigenvalue weighted by molar-refractivity contribution is 0.101. The highest BCUT2D eigenvalue weighted by Gasteiger charge is 2.26. The molecule has 1 aromatic rings. The molecule has 0 aliphatic carbocycles. The summed E-state index contributed by atoms with van der Waals surface area (Å²) >= 11 is 0. The molecule has 2 unspecified atom stereocenters. The number of hydrogen-bond acceptors (Lipinski definition) is 3. The monoisotopic (exact) mass is 289 g/mol. The quantitative estimate of drug-likeness (QED) is 0.899. The first-order valence-electron chi connectivity index (χ1n) is 8.20. The Kier molecular flexibility index (Phi) is 5.80. The molecule has 0 radical (unpaired) electrons. The van der Waals surface area contributed by atoms with E-state index in [1.807, 2.05) is 0 Å². The Balaban J connectivity index is 2.16. The van der Waals surface area contributed by atoms with E-state index in [9.17, 15) is 0 Å². The molecule has 118 valence electrons. The number of nitrogens with zero attached hydrogens (tertiary/aromatic N) is 2. The topological polar surface area (TPSA) is 18.5 Å². The van der Waals surface area contributed by atoms with Crippen LogP contribution in [0.4, 0.5) is 0 Å². The average Bonchev–Trinajstić information content (AvgIpc) is 2.45. The van der Waals surface area contributed by atoms with Crippen LogP contribution < -0.4 is 5.32 Å². The summed E-state index contributed by atoms with van der Waals surface area (Å²) in [4.78, 5) is 4.98. The molecule has 1 aromatic carbocycles. The molecule has 1 N–H and O–H groups in total. The first-order valence-corrected chi connectivity index (χ1v) is 8.20. The first-order chi connectivity index (χ1) is 10.0. The normalized spacial score (nSPS) is 22.4. The molecule has 0 amide bonds. The van der Waals surface area contributed by atoms with E-state index >= 15 is 0 Å². The molecule has 0 saturated carbocycles. The molecule has 1 saturated heterocycles. The molecule has 1 aliphatic heterocycles. The van der Waals surface area contributed by atoms with Gasteiger partial charge in [-0.25, -0.2) is 0 Å². The Hall–Kier alpha value is -0.900. The van der Waals surface area contributed by atoms with Crippen molar-refractivity contribution < 1.29 is 0 Å². The predicted molar refractivity (Wildman–Crippen MR) is 90.9 cm³/mol. The molecule has 0 aromatic heterocycles. The van der Waals surface area contributed by atoms with E-state index in [4.69, 9.17) is 0 Å². The van der Waals surface area contributed by atoms with Crippen LogP contribution in [0.1, 0.15) is 36.1 Å². The van der Waals surface area contributed by atoms with Crippen LogP contribution in [0.3, 0.4) is 0 Å². The molecule has 3 nitrogen and oxygen atoms in total. The fraction of sp³-hybridized carbons (Fsp3) is 0.667. The summed E-state index contributed by atoms with van der Waals surface area (Å²) < 4.78 is 0. The van der Waals surface area contributed by atoms with Crippen LogP contribution in [0.2, 0.25) is 0 Å². The third kappa shape index (κ3) is 4.29. The standard InChI is InChI=1S/C18H31N3/c1-6-19-18(17-11-14(2)7-8-15(17)3)12-16-13-20(4)9-10-21(16)5/h7-8,11,16,18-19H,6,9-10,12-13H2,1-5H3. The van der Waals surface area contributed by atoms with Gasteiger partial charge in [0.2, 0.25) is 0 Å². The van der Waals surface area contributed by atoms with Crippen molar-refractivity contribution in [3.05, 3.63) is 34.9 Å². The van der Waals surface area contributed by atoms with E-state index in [1.165, 1.54) is 42.7 Å². The van der Waals surface area contributed by atoms with Gasteiger partial charge in [-0.2, -0.15) is 0 Å². The number of piperazine rings is 1. The lowest BCUT2D eigenvalue weighted by atomic mass is 9.93. The first kappa shape index (κ1) is 16.5. The van der Waals surface area contributed by atoms with Crippen molar-refractivity contribution in [3.8, 4) is 0 Å². The Bertz CT molecular complexity index is 458. The second kappa shape index (κ2) is 7.39. The summed E-state index contributed by atoms with van der Waals surface area (Å²) in [6.45, 7) is 11.2. The van der Waals surface area contributed by atoms with Gasteiger partial charge in [0, 0.05) is 31.7 Å². The van der Waals surface area contributed by atoms with E-state index in [2.05, 4.69) is 68.2 Å². The summed E-state index contributed by atoms with van der Waals surface area (Å²) in [7, 11) is 4.50. The van der Waals surface area contributed by atoms with E-state index in [-0.39, 0.29) is 0 Å². The van der Waals surface area contributed by atoms with E-state index in [0.717, 1.165) is 6.54 Å². The Morgan fingerprint density at radius 3 is 2.71 bits per heavy atom. The zero-order valence-electron chi connectivity index (χ0n) is 14.3. The highest BCUT2D eigenvalue weighted by molar-refractivity contribution is 5.33. The fourth-order valence-electron chi connectivity index (χ4n) is 3.33. The van der Waals surface area contributed by atoms with Gasteiger partial charge in [-0.1, -0.05) is 30.7 Å². The maximum absolute atomic E-state index is 3.70. The second-order valence-electron chi connectivity index (χ2n) is 6.60. The molecular weight excluding hydrogens is 258 g/mol. The van der Waals surface area contributed by atoms with Gasteiger partial charge in [0.05, 0.1) is 0 Å². The molecule has 21 heavy (non-hydrogen) atoms. The van der Waals surface area contributed by atoms with E-state index < -0.39 is 0 Å². The van der Waals surface area contributed by atoms with Crippen LogP contribution in [0.5, 0.6) is 0 Å². The maximum atomic E-state index is 3.70. The van der Waals surface area contributed by atoms with Crippen LogP contribution in [0.15, 0.2) is 18.2 Å². The number of aryl methyl sites for hydroxylation is 2. The van der Waals surface area contributed by atoms with Crippen LogP contribution in [0, 0.1) is 13.8 Å². The number of rotatable bonds is 5. The van der Waals surface area contributed by atoms with Gasteiger partial charge in [-0.3, -0.25) is 0 Å². The lowest BCUT2D eigenvalue weighted by Gasteiger charge is -2.39. The number of nitrogens with one attached hydrogen (secondary N) is 1. The zero-order valence-corrected chi connectivity index (χ0v) is 14.3. The highest BCUT2D eigenvalue weighted by Crippen LogP contribution is 2.26. The van der Waals surface area contributed by atoms with Crippen LogP contribution >= 0.6 is 0 Å². The molecule has 3 heteroatoms. The second-order valence-corrected chi connectivity index (χ2v) is 6.60. The van der Waals surface area contributed by atoms with E-state index in [0.29, 0.717) is 12.1 Å². The smallest absolute Gasteiger partial charge is 0.0338 e. The van der Waals surface area contributed by atoms with Gasteiger partial charge >= 0.3 is 0 Å². The average molecular weight is 289 g/mol. The minimum absolute atomic E-state index is 0.453. The number of likely N-dealkylation sites (N-methyl/N-ethyl adjacent to an activating group) is 2. The van der Waals surface area contributed by atoms with Gasteiger partial charge in [0.1, 0.15) is 0 Å². The number of hydrogen-bond donors (Lipinski definition) is 1. The molecule has 0 bridgehead atoms. The summed E-state index contributed by atoms with van der Waals surface area (Å²) in [6.07, 6.45) is 1.18. The summed E-state index contributed by atoms with van der Waals surface area (Å²) in [6, 6.07) is 7.91. The molecular formula is C18H31N3. The molecule has 1 fully saturated rings. The highest BCUT2D eigenvalue weighted by atomic mass is 15.3. The summed E-state index contributed by atoms with van der Waals surface area (Å²) in [5.74, 6) is 0. The van der Waals surface area contributed by atoms with Crippen molar-refractivity contribution in [3.63, 3.8) is 0 Å². The largest absolute Gasteiger partial charge is 0.310 e. The molecule has 2 atom stereocenters. The molecule has 1 aliphatic rings. The van der Waals surface area contributed by atoms with Crippen molar-refractivity contribution in [2.24, 2.45) is 0 Å². The zero-order chi connectivity index (χ0) is 15.4. The molecule has 1 heterocycles. The number of benzene rings is 1. The van der Waals surface area contributed by atoms with Crippen LogP contribution in [-0.2, 0) is 0 Å². The SMILES string of the molecule is CCNC(CC1CN(C)CCN1C)c1cc(C)ccc1C. The third-order valence-electron chi connectivity index (χ3n) is 4.75.